The van der Waals surface area contributed by atoms with Gasteiger partial charge in [-0.1, -0.05) is 11.2 Å². The third kappa shape index (κ3) is 2.71. The van der Waals surface area contributed by atoms with Crippen LogP contribution in [0.5, 0.6) is 0 Å². The van der Waals surface area contributed by atoms with Crippen LogP contribution in [0.15, 0.2) is 16.7 Å². The van der Waals surface area contributed by atoms with Crippen molar-refractivity contribution in [1.82, 2.24) is 15.5 Å². The molecule has 2 N–H and O–H groups in total. The van der Waals surface area contributed by atoms with Crippen molar-refractivity contribution in [2.45, 2.75) is 39.2 Å². The third-order valence-corrected chi connectivity index (χ3v) is 4.16. The van der Waals surface area contributed by atoms with Crippen molar-refractivity contribution >= 4 is 0 Å². The van der Waals surface area contributed by atoms with Gasteiger partial charge in [-0.3, -0.25) is 4.98 Å². The van der Waals surface area contributed by atoms with E-state index in [9.17, 15) is 5.11 Å². The number of nitrogens with one attached hydrogen (secondary N) is 1. The second kappa shape index (κ2) is 5.95. The predicted octanol–water partition coefficient (Wildman–Crippen LogP) is 2.31. The van der Waals surface area contributed by atoms with E-state index in [2.05, 4.69) is 10.5 Å². The standard InChI is InChI=1S/C16H21N3O2/c1-10-15(11(2)21-19-10)16-13(9-20)5-6-14(18-16)12-4-3-7-17-8-12/h5-6,12,17,20H,3-4,7-9H2,1-2H3/t12-/m0/s1. The maximum absolute atomic E-state index is 9.60. The summed E-state index contributed by atoms with van der Waals surface area (Å²) in [6.45, 7) is 5.81. The van der Waals surface area contributed by atoms with Crippen molar-refractivity contribution in [1.29, 1.82) is 0 Å². The second-order valence-electron chi connectivity index (χ2n) is 5.64. The van der Waals surface area contributed by atoms with Crippen LogP contribution in [0, 0.1) is 13.8 Å². The molecule has 2 aromatic rings. The molecule has 1 fully saturated rings. The van der Waals surface area contributed by atoms with E-state index in [-0.39, 0.29) is 6.61 Å². The highest BCUT2D eigenvalue weighted by molar-refractivity contribution is 5.67. The number of pyridine rings is 1. The molecule has 0 bridgehead atoms. The van der Waals surface area contributed by atoms with Gasteiger partial charge in [-0.15, -0.1) is 0 Å². The van der Waals surface area contributed by atoms with Crippen LogP contribution in [0.3, 0.4) is 0 Å². The van der Waals surface area contributed by atoms with Gasteiger partial charge in [-0.2, -0.15) is 0 Å². The van der Waals surface area contributed by atoms with Gasteiger partial charge in [0.15, 0.2) is 0 Å². The van der Waals surface area contributed by atoms with Crippen LogP contribution >= 0.6 is 0 Å². The zero-order valence-corrected chi connectivity index (χ0v) is 12.5. The largest absolute Gasteiger partial charge is 0.392 e. The lowest BCUT2D eigenvalue weighted by Crippen LogP contribution is -2.28. The average Bonchev–Trinajstić information content (AvgIpc) is 2.86. The van der Waals surface area contributed by atoms with E-state index in [4.69, 9.17) is 9.51 Å². The highest BCUT2D eigenvalue weighted by atomic mass is 16.5. The zero-order chi connectivity index (χ0) is 14.8. The Labute approximate surface area is 124 Å². The van der Waals surface area contributed by atoms with Gasteiger partial charge >= 0.3 is 0 Å². The summed E-state index contributed by atoms with van der Waals surface area (Å²) in [6, 6.07) is 4.00. The summed E-state index contributed by atoms with van der Waals surface area (Å²) in [5.41, 5.74) is 4.42. The summed E-state index contributed by atoms with van der Waals surface area (Å²) in [4.78, 5) is 4.83. The van der Waals surface area contributed by atoms with Crippen molar-refractivity contribution < 1.29 is 9.63 Å². The first-order valence-electron chi connectivity index (χ1n) is 7.45. The van der Waals surface area contributed by atoms with Crippen molar-refractivity contribution in [2.24, 2.45) is 0 Å². The van der Waals surface area contributed by atoms with Gasteiger partial charge in [0.2, 0.25) is 0 Å². The Kier molecular flexibility index (Phi) is 4.03. The fraction of sp³-hybridized carbons (Fsp3) is 0.500. The molecule has 2 aromatic heterocycles. The van der Waals surface area contributed by atoms with Crippen molar-refractivity contribution in [2.75, 3.05) is 13.1 Å². The van der Waals surface area contributed by atoms with Crippen LogP contribution < -0.4 is 5.32 Å². The number of aryl methyl sites for hydroxylation is 2. The molecule has 0 aromatic carbocycles. The molecule has 0 amide bonds. The summed E-state index contributed by atoms with van der Waals surface area (Å²) in [7, 11) is 0. The van der Waals surface area contributed by atoms with Gasteiger partial charge in [0.05, 0.1) is 23.6 Å². The Morgan fingerprint density at radius 3 is 2.86 bits per heavy atom. The van der Waals surface area contributed by atoms with Crippen LogP contribution in [0.25, 0.3) is 11.3 Å². The van der Waals surface area contributed by atoms with E-state index in [1.54, 1.807) is 0 Å². The topological polar surface area (TPSA) is 71.2 Å². The summed E-state index contributed by atoms with van der Waals surface area (Å²) in [6.07, 6.45) is 2.33. The predicted molar refractivity (Wildman–Crippen MR) is 80.0 cm³/mol. The third-order valence-electron chi connectivity index (χ3n) is 4.16. The van der Waals surface area contributed by atoms with Gasteiger partial charge < -0.3 is 14.9 Å². The SMILES string of the molecule is Cc1noc(C)c1-c1nc([C@H]2CCCNC2)ccc1CO. The maximum atomic E-state index is 9.60. The molecule has 1 saturated heterocycles. The Morgan fingerprint density at radius 2 is 2.24 bits per heavy atom. The normalized spacial score (nSPS) is 18.9. The molecule has 0 aliphatic carbocycles. The lowest BCUT2D eigenvalue weighted by Gasteiger charge is -2.23. The number of aliphatic hydroxyl groups excluding tert-OH is 1. The number of nitrogens with zero attached hydrogens (tertiary/aromatic N) is 2. The van der Waals surface area contributed by atoms with Crippen molar-refractivity contribution in [3.8, 4) is 11.3 Å². The molecule has 112 valence electrons. The number of aliphatic hydroxyl groups is 1. The van der Waals surface area contributed by atoms with Gasteiger partial charge in [0, 0.05) is 23.7 Å². The summed E-state index contributed by atoms with van der Waals surface area (Å²) < 4.78 is 5.25. The minimum absolute atomic E-state index is 0.0322. The molecule has 0 radical (unpaired) electrons. The molecule has 21 heavy (non-hydrogen) atoms. The number of rotatable bonds is 3. The Bertz CT molecular complexity index is 611. The molecule has 5 heteroatoms. The number of hydrogen-bond donors (Lipinski definition) is 2. The molecule has 0 saturated carbocycles. The fourth-order valence-electron chi connectivity index (χ4n) is 3.00. The fourth-order valence-corrected chi connectivity index (χ4v) is 3.00. The van der Waals surface area contributed by atoms with E-state index in [0.717, 1.165) is 53.5 Å². The van der Waals surface area contributed by atoms with Crippen molar-refractivity contribution in [3.63, 3.8) is 0 Å². The molecular formula is C16H21N3O2. The van der Waals surface area contributed by atoms with Gasteiger partial charge in [-0.25, -0.2) is 0 Å². The molecule has 3 heterocycles. The maximum Gasteiger partial charge on any atom is 0.143 e. The lowest BCUT2D eigenvalue weighted by atomic mass is 9.94. The second-order valence-corrected chi connectivity index (χ2v) is 5.64. The Balaban J connectivity index is 2.05. The van der Waals surface area contributed by atoms with Crippen LogP contribution in [0.1, 0.15) is 41.5 Å². The van der Waals surface area contributed by atoms with Crippen molar-refractivity contribution in [3.05, 3.63) is 34.8 Å². The van der Waals surface area contributed by atoms with E-state index in [1.807, 2.05) is 26.0 Å². The molecule has 5 nitrogen and oxygen atoms in total. The van der Waals surface area contributed by atoms with E-state index >= 15 is 0 Å². The first-order valence-corrected chi connectivity index (χ1v) is 7.45. The first kappa shape index (κ1) is 14.2. The van der Waals surface area contributed by atoms with Crippen LogP contribution in [0.4, 0.5) is 0 Å². The number of aromatic nitrogens is 2. The average molecular weight is 287 g/mol. The zero-order valence-electron chi connectivity index (χ0n) is 12.5. The minimum atomic E-state index is -0.0322. The van der Waals surface area contributed by atoms with E-state index in [1.165, 1.54) is 6.42 Å². The molecule has 1 atom stereocenters. The molecule has 1 aliphatic rings. The van der Waals surface area contributed by atoms with Crippen LogP contribution in [-0.4, -0.2) is 28.3 Å². The summed E-state index contributed by atoms with van der Waals surface area (Å²) in [5, 5.41) is 17.0. The summed E-state index contributed by atoms with van der Waals surface area (Å²) in [5.74, 6) is 1.18. The minimum Gasteiger partial charge on any atom is -0.392 e. The smallest absolute Gasteiger partial charge is 0.143 e. The molecule has 3 rings (SSSR count). The van der Waals surface area contributed by atoms with Gasteiger partial charge in [0.1, 0.15) is 5.76 Å². The number of hydrogen-bond acceptors (Lipinski definition) is 5. The van der Waals surface area contributed by atoms with E-state index in [0.29, 0.717) is 5.92 Å². The number of piperidine rings is 1. The van der Waals surface area contributed by atoms with Gasteiger partial charge in [0.25, 0.3) is 0 Å². The van der Waals surface area contributed by atoms with E-state index < -0.39 is 0 Å². The Morgan fingerprint density at radius 1 is 1.38 bits per heavy atom. The first-order chi connectivity index (χ1) is 10.2. The summed E-state index contributed by atoms with van der Waals surface area (Å²) >= 11 is 0. The van der Waals surface area contributed by atoms with Crippen LogP contribution in [0.2, 0.25) is 0 Å². The molecule has 0 spiro atoms. The van der Waals surface area contributed by atoms with Crippen LogP contribution in [-0.2, 0) is 6.61 Å². The Hall–Kier alpha value is -1.72. The van der Waals surface area contributed by atoms with Gasteiger partial charge in [-0.05, 0) is 39.3 Å². The highest BCUT2D eigenvalue weighted by Crippen LogP contribution is 2.31. The molecular weight excluding hydrogens is 266 g/mol. The highest BCUT2D eigenvalue weighted by Gasteiger charge is 2.21. The molecule has 1 aliphatic heterocycles. The lowest BCUT2D eigenvalue weighted by molar-refractivity contribution is 0.282. The molecule has 0 unspecified atom stereocenters. The quantitative estimate of drug-likeness (QED) is 0.906. The monoisotopic (exact) mass is 287 g/mol.